The molecular formula is C21H34O3. The van der Waals surface area contributed by atoms with Crippen molar-refractivity contribution >= 4 is 12.3 Å². The molecule has 0 bridgehead atoms. The molecule has 2 aliphatic rings. The molecule has 0 aromatic carbocycles. The summed E-state index contributed by atoms with van der Waals surface area (Å²) in [5.41, 5.74) is 1.10. The molecule has 0 N–H and O–H groups in total. The van der Waals surface area contributed by atoms with Crippen molar-refractivity contribution in [1.29, 1.82) is 0 Å². The fourth-order valence-corrected chi connectivity index (χ4v) is 5.69. The van der Waals surface area contributed by atoms with Crippen LogP contribution < -0.4 is 0 Å². The van der Waals surface area contributed by atoms with Gasteiger partial charge in [-0.25, -0.2) is 0 Å². The quantitative estimate of drug-likeness (QED) is 0.392. The number of rotatable bonds is 6. The third-order valence-corrected chi connectivity index (χ3v) is 7.12. The Morgan fingerprint density at radius 1 is 1.42 bits per heavy atom. The van der Waals surface area contributed by atoms with E-state index < -0.39 is 0 Å². The zero-order chi connectivity index (χ0) is 18.0. The monoisotopic (exact) mass is 334 g/mol. The van der Waals surface area contributed by atoms with Crippen LogP contribution in [-0.2, 0) is 14.3 Å². The normalized spacial score (nSPS) is 37.4. The van der Waals surface area contributed by atoms with Crippen LogP contribution in [-0.4, -0.2) is 19.4 Å². The first-order valence-corrected chi connectivity index (χ1v) is 9.49. The van der Waals surface area contributed by atoms with Crippen LogP contribution in [0.2, 0.25) is 0 Å². The van der Waals surface area contributed by atoms with E-state index in [0.29, 0.717) is 24.2 Å². The van der Waals surface area contributed by atoms with Crippen LogP contribution in [0.5, 0.6) is 0 Å². The molecule has 0 aromatic heterocycles. The molecule has 0 aliphatic heterocycles. The van der Waals surface area contributed by atoms with Gasteiger partial charge in [0.05, 0.1) is 12.5 Å². The van der Waals surface area contributed by atoms with Gasteiger partial charge < -0.3 is 9.53 Å². The summed E-state index contributed by atoms with van der Waals surface area (Å²) in [6.07, 6.45) is 9.03. The van der Waals surface area contributed by atoms with Crippen molar-refractivity contribution in [2.24, 2.45) is 28.6 Å². The van der Waals surface area contributed by atoms with Crippen LogP contribution >= 0.6 is 0 Å². The number of carbonyl (C=O) groups is 2. The van der Waals surface area contributed by atoms with E-state index in [2.05, 4.69) is 27.4 Å². The summed E-state index contributed by atoms with van der Waals surface area (Å²) in [5.74, 6) is 1.20. The van der Waals surface area contributed by atoms with Gasteiger partial charge in [0.2, 0.25) is 0 Å². The first kappa shape index (κ1) is 19.2. The SMILES string of the molecule is C=C1CCC2C(C)(C(=O)OC)CCC[C@@]2(C)C1CCC(C)CC=O. The van der Waals surface area contributed by atoms with Crippen molar-refractivity contribution in [2.45, 2.75) is 72.1 Å². The summed E-state index contributed by atoms with van der Waals surface area (Å²) < 4.78 is 5.18. The van der Waals surface area contributed by atoms with Gasteiger partial charge in [-0.15, -0.1) is 0 Å². The van der Waals surface area contributed by atoms with Gasteiger partial charge in [-0.3, -0.25) is 4.79 Å². The Kier molecular flexibility index (Phi) is 5.93. The molecule has 0 amide bonds. The fourth-order valence-electron chi connectivity index (χ4n) is 5.69. The maximum Gasteiger partial charge on any atom is 0.311 e. The van der Waals surface area contributed by atoms with Gasteiger partial charge >= 0.3 is 5.97 Å². The lowest BCUT2D eigenvalue weighted by molar-refractivity contribution is -0.168. The Labute approximate surface area is 147 Å². The molecule has 0 saturated heterocycles. The zero-order valence-corrected chi connectivity index (χ0v) is 15.9. The topological polar surface area (TPSA) is 43.4 Å². The Hall–Kier alpha value is -1.12. The first-order chi connectivity index (χ1) is 11.3. The van der Waals surface area contributed by atoms with Crippen LogP contribution in [0.15, 0.2) is 12.2 Å². The highest BCUT2D eigenvalue weighted by atomic mass is 16.5. The highest BCUT2D eigenvalue weighted by Crippen LogP contribution is 2.62. The van der Waals surface area contributed by atoms with E-state index in [0.717, 1.165) is 51.2 Å². The molecule has 0 spiro atoms. The van der Waals surface area contributed by atoms with Gasteiger partial charge in [0.1, 0.15) is 6.29 Å². The second-order valence-electron chi connectivity index (χ2n) is 8.66. The maximum absolute atomic E-state index is 12.5. The minimum absolute atomic E-state index is 0.0426. The number of hydrogen-bond acceptors (Lipinski definition) is 3. The average Bonchev–Trinajstić information content (AvgIpc) is 2.53. The van der Waals surface area contributed by atoms with Crippen LogP contribution in [0, 0.1) is 28.6 Å². The predicted molar refractivity (Wildman–Crippen MR) is 96.5 cm³/mol. The van der Waals surface area contributed by atoms with Crippen molar-refractivity contribution in [3.05, 3.63) is 12.2 Å². The average molecular weight is 335 g/mol. The molecule has 136 valence electrons. The van der Waals surface area contributed by atoms with Gasteiger partial charge in [0, 0.05) is 6.42 Å². The van der Waals surface area contributed by atoms with Crippen molar-refractivity contribution in [2.75, 3.05) is 7.11 Å². The largest absolute Gasteiger partial charge is 0.469 e. The van der Waals surface area contributed by atoms with Gasteiger partial charge in [-0.05, 0) is 68.6 Å². The number of hydrogen-bond donors (Lipinski definition) is 0. The third-order valence-electron chi connectivity index (χ3n) is 7.12. The van der Waals surface area contributed by atoms with E-state index in [-0.39, 0.29) is 16.8 Å². The number of methoxy groups -OCH3 is 1. The lowest BCUT2D eigenvalue weighted by atomic mass is 9.46. The third kappa shape index (κ3) is 3.32. The Morgan fingerprint density at radius 2 is 2.12 bits per heavy atom. The predicted octanol–water partition coefficient (Wildman–Crippen LogP) is 4.94. The van der Waals surface area contributed by atoms with E-state index in [1.54, 1.807) is 0 Å². The minimum atomic E-state index is -0.366. The molecule has 2 aliphatic carbocycles. The molecule has 0 aromatic rings. The smallest absolute Gasteiger partial charge is 0.311 e. The summed E-state index contributed by atoms with van der Waals surface area (Å²) in [7, 11) is 1.51. The molecule has 3 heteroatoms. The second-order valence-corrected chi connectivity index (χ2v) is 8.66. The van der Waals surface area contributed by atoms with Gasteiger partial charge in [0.15, 0.2) is 0 Å². The van der Waals surface area contributed by atoms with Gasteiger partial charge in [-0.2, -0.15) is 0 Å². The minimum Gasteiger partial charge on any atom is -0.469 e. The standard InChI is InChI=1S/C21H34O3/c1-15(11-14-22)7-9-17-16(2)8-10-18-20(17,3)12-6-13-21(18,4)19(23)24-5/h14-15,17-18H,2,6-13H2,1,3-5H3/t15?,17?,18?,20-,21?/m0/s1. The van der Waals surface area contributed by atoms with Crippen molar-refractivity contribution in [3.8, 4) is 0 Å². The van der Waals surface area contributed by atoms with E-state index >= 15 is 0 Å². The number of allylic oxidation sites excluding steroid dienone is 1. The number of fused-ring (bicyclic) bond motifs is 1. The lowest BCUT2D eigenvalue weighted by Crippen LogP contribution is -2.53. The summed E-state index contributed by atoms with van der Waals surface area (Å²) in [6, 6.07) is 0. The van der Waals surface area contributed by atoms with Crippen LogP contribution in [0.1, 0.15) is 72.1 Å². The molecule has 0 radical (unpaired) electrons. The highest BCUT2D eigenvalue weighted by Gasteiger charge is 2.57. The fraction of sp³-hybridized carbons (Fsp3) is 0.810. The molecule has 2 fully saturated rings. The summed E-state index contributed by atoms with van der Waals surface area (Å²) in [6.45, 7) is 11.0. The van der Waals surface area contributed by atoms with Crippen molar-refractivity contribution in [3.63, 3.8) is 0 Å². The Balaban J connectivity index is 2.24. The van der Waals surface area contributed by atoms with Crippen molar-refractivity contribution < 1.29 is 14.3 Å². The van der Waals surface area contributed by atoms with Gasteiger partial charge in [-0.1, -0.05) is 32.4 Å². The Morgan fingerprint density at radius 3 is 2.75 bits per heavy atom. The number of ether oxygens (including phenoxy) is 1. The van der Waals surface area contributed by atoms with E-state index in [1.165, 1.54) is 12.7 Å². The zero-order valence-electron chi connectivity index (χ0n) is 15.9. The number of carbonyl (C=O) groups excluding carboxylic acids is 2. The van der Waals surface area contributed by atoms with Crippen molar-refractivity contribution in [1.82, 2.24) is 0 Å². The molecule has 4 unspecified atom stereocenters. The molecule has 24 heavy (non-hydrogen) atoms. The number of esters is 1. The Bertz CT molecular complexity index is 497. The molecule has 2 saturated carbocycles. The van der Waals surface area contributed by atoms with E-state index in [4.69, 9.17) is 4.74 Å². The van der Waals surface area contributed by atoms with E-state index in [1.807, 2.05) is 0 Å². The maximum atomic E-state index is 12.5. The van der Waals surface area contributed by atoms with Crippen LogP contribution in [0.4, 0.5) is 0 Å². The van der Waals surface area contributed by atoms with Crippen LogP contribution in [0.3, 0.4) is 0 Å². The first-order valence-electron chi connectivity index (χ1n) is 9.49. The second kappa shape index (κ2) is 7.41. The molecule has 3 nitrogen and oxygen atoms in total. The summed E-state index contributed by atoms with van der Waals surface area (Å²) in [5, 5.41) is 0. The highest BCUT2D eigenvalue weighted by molar-refractivity contribution is 5.77. The summed E-state index contributed by atoms with van der Waals surface area (Å²) >= 11 is 0. The molecule has 5 atom stereocenters. The molecule has 2 rings (SSSR count). The van der Waals surface area contributed by atoms with Crippen LogP contribution in [0.25, 0.3) is 0 Å². The van der Waals surface area contributed by atoms with E-state index in [9.17, 15) is 9.59 Å². The lowest BCUT2D eigenvalue weighted by Gasteiger charge is -2.57. The summed E-state index contributed by atoms with van der Waals surface area (Å²) in [4.78, 5) is 23.3. The van der Waals surface area contributed by atoms with Gasteiger partial charge in [0.25, 0.3) is 0 Å². The number of aldehydes is 1. The molecular weight excluding hydrogens is 300 g/mol. The molecule has 0 heterocycles.